The summed E-state index contributed by atoms with van der Waals surface area (Å²) in [5.41, 5.74) is 3.22. The smallest absolute Gasteiger partial charge is 0.281 e. The van der Waals surface area contributed by atoms with Crippen molar-refractivity contribution in [2.75, 3.05) is 81.9 Å². The number of amides is 1. The molecule has 4 aliphatic rings. The summed E-state index contributed by atoms with van der Waals surface area (Å²) < 4.78 is 41.9. The van der Waals surface area contributed by atoms with Crippen LogP contribution in [0, 0.1) is 12.8 Å². The van der Waals surface area contributed by atoms with Gasteiger partial charge in [0.1, 0.15) is 17.1 Å². The molecule has 1 amide bonds. The Labute approximate surface area is 277 Å². The lowest BCUT2D eigenvalue weighted by Gasteiger charge is -2.46. The van der Waals surface area contributed by atoms with Gasteiger partial charge in [-0.15, -0.1) is 0 Å². The number of alkyl halides is 2. The maximum absolute atomic E-state index is 14.6. The van der Waals surface area contributed by atoms with Gasteiger partial charge in [-0.3, -0.25) is 14.7 Å². The van der Waals surface area contributed by atoms with E-state index in [2.05, 4.69) is 40.1 Å². The van der Waals surface area contributed by atoms with Crippen LogP contribution in [-0.2, 0) is 25.5 Å². The first kappa shape index (κ1) is 33.5. The lowest BCUT2D eigenvalue weighted by atomic mass is 9.82. The van der Waals surface area contributed by atoms with Crippen molar-refractivity contribution in [2.24, 2.45) is 5.92 Å². The van der Waals surface area contributed by atoms with E-state index in [-0.39, 0.29) is 11.6 Å². The van der Waals surface area contributed by atoms with Crippen molar-refractivity contribution >= 4 is 23.5 Å². The van der Waals surface area contributed by atoms with Crippen molar-refractivity contribution in [1.82, 2.24) is 19.8 Å². The predicted octanol–water partition coefficient (Wildman–Crippen LogP) is 5.30. The van der Waals surface area contributed by atoms with Crippen LogP contribution < -0.4 is 9.80 Å². The molecule has 3 fully saturated rings. The number of pyridine rings is 2. The lowest BCUT2D eigenvalue weighted by molar-refractivity contribution is -0.171. The number of piperazine rings is 1. The second-order valence-electron chi connectivity index (χ2n) is 13.5. The summed E-state index contributed by atoms with van der Waals surface area (Å²) in [6.45, 7) is 19.4. The van der Waals surface area contributed by atoms with E-state index in [9.17, 15) is 13.6 Å². The molecule has 3 saturated heterocycles. The molecule has 9 nitrogen and oxygen atoms in total. The highest BCUT2D eigenvalue weighted by molar-refractivity contribution is 5.87. The molecule has 2 aromatic rings. The van der Waals surface area contributed by atoms with Gasteiger partial charge in [-0.25, -0.2) is 13.8 Å². The highest BCUT2D eigenvalue weighted by Gasteiger charge is 2.54. The van der Waals surface area contributed by atoms with Gasteiger partial charge in [0.2, 0.25) is 5.91 Å². The van der Waals surface area contributed by atoms with Crippen LogP contribution >= 0.6 is 0 Å². The molecule has 0 radical (unpaired) electrons. The first-order chi connectivity index (χ1) is 22.6. The van der Waals surface area contributed by atoms with Crippen molar-refractivity contribution in [2.45, 2.75) is 58.2 Å². The number of halogens is 2. The zero-order valence-corrected chi connectivity index (χ0v) is 28.2. The molecule has 0 aromatic carbocycles. The Bertz CT molecular complexity index is 1500. The fourth-order valence-corrected chi connectivity index (χ4v) is 7.91. The van der Waals surface area contributed by atoms with Crippen LogP contribution in [0.3, 0.4) is 0 Å². The van der Waals surface area contributed by atoms with Gasteiger partial charge in [-0.2, -0.15) is 0 Å². The van der Waals surface area contributed by atoms with Crippen LogP contribution in [0.1, 0.15) is 68.1 Å². The molecule has 47 heavy (non-hydrogen) atoms. The van der Waals surface area contributed by atoms with Crippen LogP contribution in [-0.4, -0.2) is 97.8 Å². The van der Waals surface area contributed by atoms with E-state index in [0.717, 1.165) is 55.2 Å². The van der Waals surface area contributed by atoms with E-state index < -0.39 is 17.6 Å². The van der Waals surface area contributed by atoms with E-state index in [4.69, 9.17) is 14.5 Å². The van der Waals surface area contributed by atoms with Gasteiger partial charge in [-0.1, -0.05) is 18.7 Å². The van der Waals surface area contributed by atoms with E-state index >= 15 is 0 Å². The standard InChI is InChI=1S/C36H48F2N6O3/c1-6-9-27-28(44-22-26(23-44)21-41-16-18-43(19-17-41)30(45)7-2)20-29(40-32(27)34(37)38)42-14-11-36(12-15-42)31-25(4)10-13-39-33(31)35(5,47-36)24-46-8-3/h6-7,9-10,13,20,26,34H,2,8,11-12,14-19,21-24H2,1,3-5H3/b9-6-/t35-/m1/s1. The van der Waals surface area contributed by atoms with Crippen LogP contribution in [0.4, 0.5) is 20.3 Å². The molecule has 0 aliphatic carbocycles. The summed E-state index contributed by atoms with van der Waals surface area (Å²) in [6.07, 6.45) is 5.49. The largest absolute Gasteiger partial charge is 0.378 e. The number of aryl methyl sites for hydroxylation is 1. The van der Waals surface area contributed by atoms with E-state index in [1.165, 1.54) is 6.08 Å². The molecule has 0 bridgehead atoms. The van der Waals surface area contributed by atoms with Gasteiger partial charge >= 0.3 is 0 Å². The third kappa shape index (κ3) is 6.41. The molecular formula is C36H48F2N6O3. The van der Waals surface area contributed by atoms with E-state index in [1.807, 2.05) is 43.2 Å². The Balaban J connectivity index is 1.19. The number of nitrogens with zero attached hydrogens (tertiary/aromatic N) is 6. The average molecular weight is 651 g/mol. The summed E-state index contributed by atoms with van der Waals surface area (Å²) in [5.74, 6) is 0.998. The fourth-order valence-electron chi connectivity index (χ4n) is 7.91. The van der Waals surface area contributed by atoms with Gasteiger partial charge in [0.15, 0.2) is 0 Å². The molecule has 0 unspecified atom stereocenters. The Morgan fingerprint density at radius 1 is 1.17 bits per heavy atom. The quantitative estimate of drug-likeness (QED) is 0.321. The summed E-state index contributed by atoms with van der Waals surface area (Å²) in [4.78, 5) is 29.9. The summed E-state index contributed by atoms with van der Waals surface area (Å²) in [5, 5.41) is 0. The Kier molecular flexibility index (Phi) is 9.69. The minimum absolute atomic E-state index is 0.0177. The Hall–Kier alpha value is -3.41. The molecule has 2 aromatic heterocycles. The van der Waals surface area contributed by atoms with Crippen LogP contribution in [0.5, 0.6) is 0 Å². The molecular weight excluding hydrogens is 602 g/mol. The number of piperidine rings is 1. The first-order valence-corrected chi connectivity index (χ1v) is 16.9. The number of carbonyl (C=O) groups excluding carboxylic acids is 1. The number of hydrogen-bond donors (Lipinski definition) is 0. The molecule has 1 atom stereocenters. The van der Waals surface area contributed by atoms with E-state index in [0.29, 0.717) is 69.5 Å². The fraction of sp³-hybridized carbons (Fsp3) is 0.583. The van der Waals surface area contributed by atoms with Crippen molar-refractivity contribution < 1.29 is 23.0 Å². The summed E-state index contributed by atoms with van der Waals surface area (Å²) in [7, 11) is 0. The summed E-state index contributed by atoms with van der Waals surface area (Å²) >= 11 is 0. The normalized spacial score (nSPS) is 23.2. The van der Waals surface area contributed by atoms with Crippen molar-refractivity contribution in [3.8, 4) is 0 Å². The Morgan fingerprint density at radius 3 is 2.53 bits per heavy atom. The minimum atomic E-state index is -2.69. The van der Waals surface area contributed by atoms with Crippen molar-refractivity contribution in [3.05, 3.63) is 65.1 Å². The maximum atomic E-state index is 14.6. The number of carbonyl (C=O) groups is 1. The van der Waals surface area contributed by atoms with Gasteiger partial charge in [0.05, 0.1) is 17.9 Å². The van der Waals surface area contributed by atoms with Gasteiger partial charge in [0, 0.05) is 101 Å². The van der Waals surface area contributed by atoms with Crippen LogP contribution in [0.15, 0.2) is 37.1 Å². The second-order valence-corrected chi connectivity index (χ2v) is 13.5. The van der Waals surface area contributed by atoms with Gasteiger partial charge in [-0.05, 0) is 58.2 Å². The average Bonchev–Trinajstić information content (AvgIpc) is 3.30. The zero-order chi connectivity index (χ0) is 33.3. The lowest BCUT2D eigenvalue weighted by Crippen LogP contribution is -2.55. The highest BCUT2D eigenvalue weighted by atomic mass is 19.3. The molecule has 1 spiro atoms. The number of aromatic nitrogens is 2. The third-order valence-electron chi connectivity index (χ3n) is 10.3. The first-order valence-electron chi connectivity index (χ1n) is 16.9. The number of anilines is 2. The topological polar surface area (TPSA) is 74.3 Å². The molecule has 11 heteroatoms. The molecule has 4 aliphatic heterocycles. The number of hydrogen-bond acceptors (Lipinski definition) is 8. The van der Waals surface area contributed by atoms with Crippen molar-refractivity contribution in [3.63, 3.8) is 0 Å². The van der Waals surface area contributed by atoms with Crippen LogP contribution in [0.2, 0.25) is 0 Å². The third-order valence-corrected chi connectivity index (χ3v) is 10.3. The Morgan fingerprint density at radius 2 is 1.89 bits per heavy atom. The molecule has 254 valence electrons. The summed E-state index contributed by atoms with van der Waals surface area (Å²) in [6, 6.07) is 4.04. The monoisotopic (exact) mass is 650 g/mol. The minimum Gasteiger partial charge on any atom is -0.378 e. The number of fused-ring (bicyclic) bond motifs is 2. The second kappa shape index (κ2) is 13.6. The van der Waals surface area contributed by atoms with Crippen molar-refractivity contribution in [1.29, 1.82) is 0 Å². The maximum Gasteiger partial charge on any atom is 0.281 e. The molecule has 6 rings (SSSR count). The van der Waals surface area contributed by atoms with Gasteiger partial charge < -0.3 is 24.2 Å². The molecule has 0 N–H and O–H groups in total. The predicted molar refractivity (Wildman–Crippen MR) is 180 cm³/mol. The zero-order valence-electron chi connectivity index (χ0n) is 28.2. The highest BCUT2D eigenvalue weighted by Crippen LogP contribution is 2.53. The number of ether oxygens (including phenoxy) is 2. The molecule has 6 heterocycles. The number of rotatable bonds is 10. The molecule has 0 saturated carbocycles. The number of allylic oxidation sites excluding steroid dienone is 1. The van der Waals surface area contributed by atoms with Gasteiger partial charge in [0.25, 0.3) is 6.43 Å². The van der Waals surface area contributed by atoms with E-state index in [1.54, 1.807) is 6.08 Å². The van der Waals surface area contributed by atoms with Crippen LogP contribution in [0.25, 0.3) is 6.08 Å². The SMILES string of the molecule is C=CC(=O)N1CCN(CC2CN(c3cc(N4CCC5(CC4)O[C@](C)(COCC)c4nccc(C)c45)nc(C(F)F)c3/C=C\C)C2)CC1.